The number of piperidine rings is 1. The van der Waals surface area contributed by atoms with Crippen LogP contribution in [0, 0.1) is 11.3 Å². The Morgan fingerprint density at radius 1 is 1.03 bits per heavy atom. The van der Waals surface area contributed by atoms with Crippen molar-refractivity contribution in [1.82, 2.24) is 9.80 Å². The molecule has 1 heterocycles. The molecule has 0 saturated carbocycles. The van der Waals surface area contributed by atoms with Gasteiger partial charge in [0.05, 0.1) is 28.2 Å². The molecule has 0 radical (unpaired) electrons. The minimum absolute atomic E-state index is 0.0922. The number of fused-ring (bicyclic) bond motifs is 1. The third-order valence-electron chi connectivity index (χ3n) is 6.95. The first-order valence-electron chi connectivity index (χ1n) is 12.5. The molecule has 37 heavy (non-hydrogen) atoms. The maximum Gasteiger partial charge on any atom is 0.255 e. The molecule has 0 aliphatic carbocycles. The Balaban J connectivity index is 1.68. The number of carbonyl (C=O) groups excluding carboxylic acids is 2. The van der Waals surface area contributed by atoms with Crippen LogP contribution < -0.4 is 5.73 Å². The van der Waals surface area contributed by atoms with Gasteiger partial charge in [0.25, 0.3) is 5.91 Å². The summed E-state index contributed by atoms with van der Waals surface area (Å²) >= 11 is 12.5. The number of hydrogen-bond acceptors (Lipinski definition) is 4. The van der Waals surface area contributed by atoms with E-state index in [1.54, 1.807) is 18.2 Å². The largest absolute Gasteiger partial charge is 0.368 e. The molecule has 1 aliphatic rings. The van der Waals surface area contributed by atoms with Crippen LogP contribution in [0.25, 0.3) is 10.8 Å². The summed E-state index contributed by atoms with van der Waals surface area (Å²) in [6.45, 7) is 3.04. The normalized spacial score (nSPS) is 14.7. The molecule has 0 aromatic heterocycles. The Morgan fingerprint density at radius 3 is 2.49 bits per heavy atom. The monoisotopic (exact) mass is 536 g/mol. The number of rotatable bonds is 9. The average molecular weight is 537 g/mol. The van der Waals surface area contributed by atoms with E-state index < -0.39 is 5.91 Å². The van der Waals surface area contributed by atoms with Crippen LogP contribution in [0.4, 0.5) is 0 Å². The highest BCUT2D eigenvalue weighted by atomic mass is 35.5. The Hall–Kier alpha value is -3.11. The van der Waals surface area contributed by atoms with Crippen molar-refractivity contribution in [3.8, 4) is 6.07 Å². The lowest BCUT2D eigenvalue weighted by atomic mass is 9.93. The fourth-order valence-corrected chi connectivity index (χ4v) is 5.35. The molecule has 1 saturated heterocycles. The Labute approximate surface area is 227 Å². The SMILES string of the molecule is N#Cc1cc(C(=O)N(CC(N)=O)C[C@@H](CCN2CCCCC2)c2ccc(Cl)c(Cl)c2)c2ccccc2c1. The van der Waals surface area contributed by atoms with Gasteiger partial charge in [0.1, 0.15) is 0 Å². The fraction of sp³-hybridized carbons (Fsp3) is 0.345. The number of hydrogen-bond donors (Lipinski definition) is 1. The average Bonchev–Trinajstić information content (AvgIpc) is 2.91. The minimum atomic E-state index is -0.599. The summed E-state index contributed by atoms with van der Waals surface area (Å²) in [5.74, 6) is -1.03. The van der Waals surface area contributed by atoms with Crippen molar-refractivity contribution in [2.45, 2.75) is 31.6 Å². The third-order valence-corrected chi connectivity index (χ3v) is 7.69. The summed E-state index contributed by atoms with van der Waals surface area (Å²) in [5, 5.41) is 12.0. The van der Waals surface area contributed by atoms with Gasteiger partial charge in [-0.2, -0.15) is 5.26 Å². The van der Waals surface area contributed by atoms with E-state index in [0.29, 0.717) is 21.2 Å². The van der Waals surface area contributed by atoms with Crippen LogP contribution in [0.3, 0.4) is 0 Å². The van der Waals surface area contributed by atoms with Crippen molar-refractivity contribution in [3.05, 3.63) is 81.3 Å². The molecule has 4 rings (SSSR count). The predicted molar refractivity (Wildman–Crippen MR) is 148 cm³/mol. The summed E-state index contributed by atoms with van der Waals surface area (Å²) in [6, 6.07) is 18.4. The second-order valence-corrected chi connectivity index (χ2v) is 10.4. The summed E-state index contributed by atoms with van der Waals surface area (Å²) < 4.78 is 0. The zero-order valence-electron chi connectivity index (χ0n) is 20.6. The second-order valence-electron chi connectivity index (χ2n) is 9.57. The van der Waals surface area contributed by atoms with E-state index in [-0.39, 0.29) is 24.9 Å². The zero-order valence-corrected chi connectivity index (χ0v) is 22.1. The lowest BCUT2D eigenvalue weighted by Gasteiger charge is -2.31. The van der Waals surface area contributed by atoms with Gasteiger partial charge in [-0.15, -0.1) is 0 Å². The first kappa shape index (κ1) is 26.9. The minimum Gasteiger partial charge on any atom is -0.368 e. The van der Waals surface area contributed by atoms with Crippen LogP contribution in [-0.4, -0.2) is 54.3 Å². The second kappa shape index (κ2) is 12.4. The van der Waals surface area contributed by atoms with Crippen LogP contribution in [-0.2, 0) is 4.79 Å². The zero-order chi connectivity index (χ0) is 26.4. The number of benzene rings is 3. The van der Waals surface area contributed by atoms with E-state index in [9.17, 15) is 14.9 Å². The van der Waals surface area contributed by atoms with Gasteiger partial charge in [0, 0.05) is 18.0 Å². The van der Waals surface area contributed by atoms with Gasteiger partial charge in [-0.1, -0.05) is 60.0 Å². The van der Waals surface area contributed by atoms with Gasteiger partial charge in [0.2, 0.25) is 5.91 Å². The van der Waals surface area contributed by atoms with Crippen molar-refractivity contribution in [2.24, 2.45) is 5.73 Å². The van der Waals surface area contributed by atoms with Gasteiger partial charge >= 0.3 is 0 Å². The topological polar surface area (TPSA) is 90.4 Å². The highest BCUT2D eigenvalue weighted by Gasteiger charge is 2.26. The van der Waals surface area contributed by atoms with Crippen molar-refractivity contribution in [1.29, 1.82) is 5.26 Å². The number of nitrogens with zero attached hydrogens (tertiary/aromatic N) is 3. The molecule has 3 aromatic rings. The van der Waals surface area contributed by atoms with Crippen molar-refractivity contribution in [3.63, 3.8) is 0 Å². The van der Waals surface area contributed by atoms with E-state index >= 15 is 0 Å². The Morgan fingerprint density at radius 2 is 1.78 bits per heavy atom. The van der Waals surface area contributed by atoms with Gasteiger partial charge in [0.15, 0.2) is 0 Å². The third kappa shape index (κ3) is 6.81. The molecule has 192 valence electrons. The highest BCUT2D eigenvalue weighted by Crippen LogP contribution is 2.30. The lowest BCUT2D eigenvalue weighted by molar-refractivity contribution is -0.118. The van der Waals surface area contributed by atoms with Gasteiger partial charge in [-0.05, 0) is 79.5 Å². The van der Waals surface area contributed by atoms with E-state index in [2.05, 4.69) is 11.0 Å². The molecule has 1 atom stereocenters. The number of nitriles is 1. The molecule has 2 amide bonds. The van der Waals surface area contributed by atoms with Gasteiger partial charge < -0.3 is 15.5 Å². The van der Waals surface area contributed by atoms with Gasteiger partial charge in [-0.3, -0.25) is 9.59 Å². The first-order valence-corrected chi connectivity index (χ1v) is 13.3. The Kier molecular flexibility index (Phi) is 9.04. The van der Waals surface area contributed by atoms with Crippen LogP contribution in [0.2, 0.25) is 10.0 Å². The van der Waals surface area contributed by atoms with Crippen LogP contribution in [0.15, 0.2) is 54.6 Å². The fourth-order valence-electron chi connectivity index (χ4n) is 5.05. The Bertz CT molecular complexity index is 1330. The molecular formula is C29H30Cl2N4O2. The molecule has 2 N–H and O–H groups in total. The van der Waals surface area contributed by atoms with E-state index in [0.717, 1.165) is 42.4 Å². The van der Waals surface area contributed by atoms with Crippen LogP contribution in [0.1, 0.15) is 53.1 Å². The number of likely N-dealkylation sites (tertiary alicyclic amines) is 1. The van der Waals surface area contributed by atoms with E-state index in [1.165, 1.54) is 24.2 Å². The molecule has 8 heteroatoms. The standard InChI is InChI=1S/C29H30Cl2N4O2/c30-26-9-8-21(16-27(26)31)23(10-13-34-11-4-1-5-12-34)18-35(19-28(33)36)29(37)25-15-20(17-32)14-22-6-2-3-7-24(22)25/h2-3,6-9,14-16,23H,1,4-5,10-13,18-19H2,(H2,33,36)/t23-/m1/s1. The molecular weight excluding hydrogens is 507 g/mol. The number of nitrogens with two attached hydrogens (primary N) is 1. The highest BCUT2D eigenvalue weighted by molar-refractivity contribution is 6.42. The predicted octanol–water partition coefficient (Wildman–Crippen LogP) is 5.61. The summed E-state index contributed by atoms with van der Waals surface area (Å²) in [7, 11) is 0. The molecule has 6 nitrogen and oxygen atoms in total. The molecule has 0 unspecified atom stereocenters. The number of halogens is 2. The van der Waals surface area contributed by atoms with Crippen molar-refractivity contribution in [2.75, 3.05) is 32.7 Å². The molecule has 3 aromatic carbocycles. The molecule has 0 bridgehead atoms. The van der Waals surface area contributed by atoms with Crippen LogP contribution >= 0.6 is 23.2 Å². The lowest BCUT2D eigenvalue weighted by Crippen LogP contribution is -2.41. The van der Waals surface area contributed by atoms with Crippen molar-refractivity contribution < 1.29 is 9.59 Å². The quantitative estimate of drug-likeness (QED) is 0.385. The van der Waals surface area contributed by atoms with Crippen molar-refractivity contribution >= 4 is 45.8 Å². The van der Waals surface area contributed by atoms with E-state index in [4.69, 9.17) is 28.9 Å². The number of amides is 2. The summed E-state index contributed by atoms with van der Waals surface area (Å²) in [4.78, 5) is 29.9. The molecule has 0 spiro atoms. The number of primary amides is 1. The summed E-state index contributed by atoms with van der Waals surface area (Å²) in [6.07, 6.45) is 4.40. The molecule has 1 fully saturated rings. The molecule has 1 aliphatic heterocycles. The maximum absolute atomic E-state index is 13.9. The van der Waals surface area contributed by atoms with Crippen LogP contribution in [0.5, 0.6) is 0 Å². The van der Waals surface area contributed by atoms with Gasteiger partial charge in [-0.25, -0.2) is 0 Å². The first-order chi connectivity index (χ1) is 17.9. The maximum atomic E-state index is 13.9. The number of carbonyl (C=O) groups is 2. The summed E-state index contributed by atoms with van der Waals surface area (Å²) in [5.41, 5.74) is 7.30. The smallest absolute Gasteiger partial charge is 0.255 e. The van der Waals surface area contributed by atoms with E-state index in [1.807, 2.05) is 36.4 Å².